The lowest BCUT2D eigenvalue weighted by Crippen LogP contribution is -2.11. The molecule has 0 radical (unpaired) electrons. The van der Waals surface area contributed by atoms with Gasteiger partial charge in [-0.2, -0.15) is 0 Å². The number of fused-ring (bicyclic) bond motifs is 7. The summed E-state index contributed by atoms with van der Waals surface area (Å²) in [5, 5.41) is 4.28. The number of hydrogen-bond donors (Lipinski definition) is 0. The number of benzene rings is 9. The van der Waals surface area contributed by atoms with Crippen LogP contribution in [0.3, 0.4) is 0 Å². The number of aromatic nitrogens is 1. The van der Waals surface area contributed by atoms with Crippen LogP contribution < -0.4 is 4.90 Å². The molecule has 0 unspecified atom stereocenters. The Hall–Kier alpha value is -8.15. The highest BCUT2D eigenvalue weighted by Gasteiger charge is 2.20. The van der Waals surface area contributed by atoms with Crippen LogP contribution in [0.4, 0.5) is 17.1 Å². The molecule has 0 aliphatic carbocycles. The average molecular weight is 771 g/mol. The van der Waals surface area contributed by atoms with E-state index in [4.69, 9.17) is 18.2 Å². The van der Waals surface area contributed by atoms with Crippen LogP contribution in [-0.4, -0.2) is 4.98 Å². The minimum atomic E-state index is 0.593. The number of furan rings is 2. The summed E-state index contributed by atoms with van der Waals surface area (Å²) in [7, 11) is 0. The first kappa shape index (κ1) is 33.9. The summed E-state index contributed by atoms with van der Waals surface area (Å²) in [5.41, 5.74) is 15.6. The summed E-state index contributed by atoms with van der Waals surface area (Å²) in [4.78, 5) is 7.13. The Morgan fingerprint density at radius 2 is 0.933 bits per heavy atom. The quantitative estimate of drug-likeness (QED) is 0.162. The van der Waals surface area contributed by atoms with Gasteiger partial charge in [-0.1, -0.05) is 140 Å². The highest BCUT2D eigenvalue weighted by atomic mass is 16.4. The van der Waals surface area contributed by atoms with Crippen molar-refractivity contribution in [2.24, 2.45) is 0 Å². The van der Waals surface area contributed by atoms with Gasteiger partial charge >= 0.3 is 0 Å². The molecule has 282 valence electrons. The monoisotopic (exact) mass is 770 g/mol. The molecule has 3 heterocycles. The number of anilines is 3. The van der Waals surface area contributed by atoms with Gasteiger partial charge in [0.2, 0.25) is 5.89 Å². The lowest BCUT2D eigenvalue weighted by atomic mass is 9.98. The van der Waals surface area contributed by atoms with Crippen molar-refractivity contribution in [3.63, 3.8) is 0 Å². The van der Waals surface area contributed by atoms with Crippen LogP contribution in [0, 0.1) is 0 Å². The predicted octanol–water partition coefficient (Wildman–Crippen LogP) is 15.8. The lowest BCUT2D eigenvalue weighted by molar-refractivity contribution is 0.620. The molecule has 0 aliphatic heterocycles. The summed E-state index contributed by atoms with van der Waals surface area (Å²) in [5.74, 6) is 0.593. The molecule has 0 amide bonds. The van der Waals surface area contributed by atoms with Crippen LogP contribution >= 0.6 is 0 Å². The van der Waals surface area contributed by atoms with Crippen molar-refractivity contribution in [3.8, 4) is 44.8 Å². The molecule has 0 fully saturated rings. The van der Waals surface area contributed by atoms with Gasteiger partial charge in [0.25, 0.3) is 0 Å². The SMILES string of the molecule is c1ccc(-c2nc3cc4oc5cccc(-c6ccc(N(c7ccc(-c8cccc9c8oc8ccccc89)cc7)c7ccccc7-c7ccccc7)cc6)c5c4cc3o2)cc1. The molecule has 0 atom stereocenters. The Morgan fingerprint density at radius 3 is 1.72 bits per heavy atom. The van der Waals surface area contributed by atoms with Crippen LogP contribution in [0.2, 0.25) is 0 Å². The van der Waals surface area contributed by atoms with Gasteiger partial charge in [-0.3, -0.25) is 0 Å². The van der Waals surface area contributed by atoms with Crippen molar-refractivity contribution in [1.29, 1.82) is 0 Å². The molecule has 5 nitrogen and oxygen atoms in total. The maximum atomic E-state index is 6.46. The number of nitrogens with zero attached hydrogens (tertiary/aromatic N) is 2. The fraction of sp³-hybridized carbons (Fsp3) is 0. The number of hydrogen-bond acceptors (Lipinski definition) is 5. The zero-order valence-corrected chi connectivity index (χ0v) is 32.2. The van der Waals surface area contributed by atoms with E-state index in [0.29, 0.717) is 5.89 Å². The maximum absolute atomic E-state index is 6.46. The molecule has 0 aliphatic rings. The van der Waals surface area contributed by atoms with Crippen LogP contribution in [0.5, 0.6) is 0 Å². The van der Waals surface area contributed by atoms with E-state index in [1.165, 1.54) is 0 Å². The molecular weight excluding hydrogens is 737 g/mol. The number of para-hydroxylation sites is 3. The Balaban J connectivity index is 0.965. The Kier molecular flexibility index (Phi) is 7.78. The van der Waals surface area contributed by atoms with Crippen LogP contribution in [0.15, 0.2) is 220 Å². The minimum Gasteiger partial charge on any atom is -0.456 e. The van der Waals surface area contributed by atoms with Gasteiger partial charge in [0, 0.05) is 55.7 Å². The lowest BCUT2D eigenvalue weighted by Gasteiger charge is -2.28. The zero-order valence-electron chi connectivity index (χ0n) is 32.2. The molecule has 9 aromatic carbocycles. The highest BCUT2D eigenvalue weighted by Crippen LogP contribution is 2.44. The molecule has 60 heavy (non-hydrogen) atoms. The van der Waals surface area contributed by atoms with E-state index in [2.05, 4.69) is 157 Å². The molecular formula is C55H34N2O3. The van der Waals surface area contributed by atoms with Gasteiger partial charge in [-0.25, -0.2) is 4.98 Å². The minimum absolute atomic E-state index is 0.593. The van der Waals surface area contributed by atoms with Crippen LogP contribution in [0.25, 0.3) is 99.8 Å². The Labute approximate surface area is 345 Å². The molecule has 3 aromatic heterocycles. The first-order valence-electron chi connectivity index (χ1n) is 20.1. The second-order valence-corrected chi connectivity index (χ2v) is 15.1. The predicted molar refractivity (Wildman–Crippen MR) is 245 cm³/mol. The fourth-order valence-corrected chi connectivity index (χ4v) is 8.70. The van der Waals surface area contributed by atoms with Crippen LogP contribution in [0.1, 0.15) is 0 Å². The topological polar surface area (TPSA) is 55.6 Å². The second kappa shape index (κ2) is 13.8. The van der Waals surface area contributed by atoms with Gasteiger partial charge in [0.1, 0.15) is 27.8 Å². The molecule has 0 N–H and O–H groups in total. The van der Waals surface area contributed by atoms with E-state index in [1.807, 2.05) is 54.6 Å². The third kappa shape index (κ3) is 5.59. The molecule has 0 spiro atoms. The van der Waals surface area contributed by atoms with Gasteiger partial charge in [0.05, 0.1) is 5.69 Å². The van der Waals surface area contributed by atoms with Gasteiger partial charge in [0.15, 0.2) is 5.58 Å². The van der Waals surface area contributed by atoms with Crippen molar-refractivity contribution >= 4 is 72.0 Å². The van der Waals surface area contributed by atoms with Crippen molar-refractivity contribution in [2.75, 3.05) is 4.90 Å². The third-order valence-corrected chi connectivity index (χ3v) is 11.5. The third-order valence-electron chi connectivity index (χ3n) is 11.5. The molecule has 5 heteroatoms. The number of rotatable bonds is 7. The summed E-state index contributed by atoms with van der Waals surface area (Å²) in [6, 6.07) is 71.7. The molecule has 12 rings (SSSR count). The summed E-state index contributed by atoms with van der Waals surface area (Å²) in [6.07, 6.45) is 0. The summed E-state index contributed by atoms with van der Waals surface area (Å²) in [6.45, 7) is 0. The van der Waals surface area contributed by atoms with Crippen molar-refractivity contribution in [3.05, 3.63) is 206 Å². The average Bonchev–Trinajstić information content (AvgIpc) is 4.02. The standard InChI is InChI=1S/C55H34N2O3/c1-3-13-35(14-4-1)41-17-7-9-22-48(41)57(40-31-27-37(28-32-40)43-20-11-21-45-44-18-8-10-23-49(44)59-54(43)45)39-29-25-36(26-30-39)42-19-12-24-50-53(42)46-33-52-47(34-51(46)58-50)56-55(60-52)38-15-5-2-6-16-38/h1-34H. The van der Waals surface area contributed by atoms with Crippen molar-refractivity contribution in [2.45, 2.75) is 0 Å². The summed E-state index contributed by atoms with van der Waals surface area (Å²) < 4.78 is 19.2. The first-order chi connectivity index (χ1) is 29.7. The normalized spacial score (nSPS) is 11.7. The molecule has 0 bridgehead atoms. The number of oxazole rings is 1. The van der Waals surface area contributed by atoms with E-state index < -0.39 is 0 Å². The first-order valence-corrected chi connectivity index (χ1v) is 20.1. The van der Waals surface area contributed by atoms with E-state index >= 15 is 0 Å². The van der Waals surface area contributed by atoms with Crippen molar-refractivity contribution in [1.82, 2.24) is 4.98 Å². The van der Waals surface area contributed by atoms with E-state index in [0.717, 1.165) is 111 Å². The maximum Gasteiger partial charge on any atom is 0.227 e. The van der Waals surface area contributed by atoms with E-state index in [-0.39, 0.29) is 0 Å². The zero-order chi connectivity index (χ0) is 39.6. The molecule has 0 saturated carbocycles. The fourth-order valence-electron chi connectivity index (χ4n) is 8.70. The smallest absolute Gasteiger partial charge is 0.227 e. The second-order valence-electron chi connectivity index (χ2n) is 15.1. The highest BCUT2D eigenvalue weighted by molar-refractivity contribution is 6.15. The molecule has 12 aromatic rings. The van der Waals surface area contributed by atoms with Gasteiger partial charge < -0.3 is 18.2 Å². The summed E-state index contributed by atoms with van der Waals surface area (Å²) >= 11 is 0. The van der Waals surface area contributed by atoms with Crippen LogP contribution in [-0.2, 0) is 0 Å². The van der Waals surface area contributed by atoms with Crippen molar-refractivity contribution < 1.29 is 13.3 Å². The van der Waals surface area contributed by atoms with Gasteiger partial charge in [-0.05, 0) is 82.9 Å². The Morgan fingerprint density at radius 1 is 0.350 bits per heavy atom. The van der Waals surface area contributed by atoms with E-state index in [1.54, 1.807) is 0 Å². The van der Waals surface area contributed by atoms with Gasteiger partial charge in [-0.15, -0.1) is 0 Å². The molecule has 0 saturated heterocycles. The Bertz CT molecular complexity index is 3530. The largest absolute Gasteiger partial charge is 0.456 e. The van der Waals surface area contributed by atoms with E-state index in [9.17, 15) is 0 Å².